The van der Waals surface area contributed by atoms with Gasteiger partial charge in [0.2, 0.25) is 5.91 Å². The molecule has 114 valence electrons. The molecular formula is C17H17NO3S. The highest BCUT2D eigenvalue weighted by Gasteiger charge is 2.45. The largest absolute Gasteiger partial charge is 0.325 e. The van der Waals surface area contributed by atoms with Crippen molar-refractivity contribution in [2.45, 2.75) is 24.2 Å². The highest BCUT2D eigenvalue weighted by molar-refractivity contribution is 7.91. The first-order valence-electron chi connectivity index (χ1n) is 7.03. The van der Waals surface area contributed by atoms with Crippen LogP contribution in [0.4, 0.5) is 5.69 Å². The van der Waals surface area contributed by atoms with Crippen LogP contribution in [0.5, 0.6) is 0 Å². The van der Waals surface area contributed by atoms with Gasteiger partial charge in [-0.05, 0) is 37.6 Å². The van der Waals surface area contributed by atoms with Crippen molar-refractivity contribution < 1.29 is 13.2 Å². The van der Waals surface area contributed by atoms with Crippen LogP contribution < -0.4 is 5.32 Å². The predicted molar refractivity (Wildman–Crippen MR) is 85.7 cm³/mol. The molecule has 1 aliphatic heterocycles. The Hall–Kier alpha value is -2.14. The molecule has 0 aromatic heterocycles. The Morgan fingerprint density at radius 2 is 1.68 bits per heavy atom. The second kappa shape index (κ2) is 4.95. The normalized spacial score (nSPS) is 20.5. The van der Waals surface area contributed by atoms with Gasteiger partial charge in [-0.15, -0.1) is 0 Å². The second-order valence-electron chi connectivity index (χ2n) is 5.90. The van der Waals surface area contributed by atoms with Gasteiger partial charge in [-0.3, -0.25) is 4.79 Å². The maximum absolute atomic E-state index is 12.7. The number of sulfone groups is 1. The van der Waals surface area contributed by atoms with E-state index in [2.05, 4.69) is 5.32 Å². The summed E-state index contributed by atoms with van der Waals surface area (Å²) in [5, 5.41) is 2.77. The van der Waals surface area contributed by atoms with E-state index in [0.717, 1.165) is 11.1 Å². The molecule has 0 spiro atoms. The average molecular weight is 315 g/mol. The van der Waals surface area contributed by atoms with Crippen LogP contribution in [0.1, 0.15) is 18.1 Å². The van der Waals surface area contributed by atoms with Crippen molar-refractivity contribution in [1.82, 2.24) is 0 Å². The van der Waals surface area contributed by atoms with Crippen LogP contribution in [0, 0.1) is 6.92 Å². The molecule has 0 radical (unpaired) electrons. The number of carbonyl (C=O) groups is 1. The Kier molecular flexibility index (Phi) is 3.33. The highest BCUT2D eigenvalue weighted by atomic mass is 32.2. The molecule has 22 heavy (non-hydrogen) atoms. The van der Waals surface area contributed by atoms with Gasteiger partial charge in [-0.25, -0.2) is 8.42 Å². The number of rotatable bonds is 3. The fourth-order valence-corrected chi connectivity index (χ4v) is 4.57. The molecule has 0 bridgehead atoms. The van der Waals surface area contributed by atoms with Gasteiger partial charge in [0.25, 0.3) is 0 Å². The van der Waals surface area contributed by atoms with Crippen molar-refractivity contribution in [1.29, 1.82) is 0 Å². The van der Waals surface area contributed by atoms with Crippen molar-refractivity contribution in [3.05, 3.63) is 59.7 Å². The number of aryl methyl sites for hydroxylation is 1. The molecule has 2 aromatic rings. The van der Waals surface area contributed by atoms with Crippen LogP contribution in [-0.2, 0) is 20.0 Å². The minimum atomic E-state index is -3.56. The zero-order valence-electron chi connectivity index (χ0n) is 12.5. The minimum Gasteiger partial charge on any atom is -0.325 e. The summed E-state index contributed by atoms with van der Waals surface area (Å²) >= 11 is 0. The number of para-hydroxylation sites is 1. The number of benzene rings is 2. The Labute approximate surface area is 130 Å². The van der Waals surface area contributed by atoms with E-state index in [1.165, 1.54) is 0 Å². The number of carbonyl (C=O) groups excluding carboxylic acids is 1. The van der Waals surface area contributed by atoms with Gasteiger partial charge in [-0.1, -0.05) is 35.9 Å². The van der Waals surface area contributed by atoms with E-state index in [1.807, 2.05) is 19.1 Å². The molecule has 0 saturated carbocycles. The van der Waals surface area contributed by atoms with Gasteiger partial charge in [0.1, 0.15) is 0 Å². The zero-order valence-corrected chi connectivity index (χ0v) is 13.3. The van der Waals surface area contributed by atoms with Crippen molar-refractivity contribution in [3.8, 4) is 0 Å². The number of amides is 1. The molecule has 1 N–H and O–H groups in total. The number of hydrogen-bond donors (Lipinski definition) is 1. The quantitative estimate of drug-likeness (QED) is 0.947. The number of nitrogens with one attached hydrogen (secondary N) is 1. The van der Waals surface area contributed by atoms with Gasteiger partial charge in [0, 0.05) is 5.69 Å². The molecule has 0 saturated heterocycles. The molecule has 1 atom stereocenters. The maximum Gasteiger partial charge on any atom is 0.235 e. The molecular weight excluding hydrogens is 298 g/mol. The first-order chi connectivity index (χ1) is 10.3. The molecule has 2 aromatic carbocycles. The number of hydrogen-bond acceptors (Lipinski definition) is 3. The van der Waals surface area contributed by atoms with Crippen LogP contribution in [0.25, 0.3) is 0 Å². The summed E-state index contributed by atoms with van der Waals surface area (Å²) in [6.45, 7) is 3.58. The molecule has 1 aliphatic rings. The van der Waals surface area contributed by atoms with Gasteiger partial charge < -0.3 is 5.32 Å². The van der Waals surface area contributed by atoms with Crippen LogP contribution >= 0.6 is 0 Å². The standard InChI is InChI=1S/C17H17NO3S/c1-12-7-9-13(10-8-12)22(20,21)11-17(2)14-5-3-4-6-15(14)18-16(17)19/h3-10H,11H2,1-2H3,(H,18,19). The van der Waals surface area contributed by atoms with E-state index < -0.39 is 15.3 Å². The zero-order chi connectivity index (χ0) is 16.0. The second-order valence-corrected chi connectivity index (χ2v) is 7.89. The molecule has 0 fully saturated rings. The molecule has 3 rings (SSSR count). The van der Waals surface area contributed by atoms with Crippen LogP contribution in [0.15, 0.2) is 53.4 Å². The predicted octanol–water partition coefficient (Wildman–Crippen LogP) is 2.68. The first kappa shape index (κ1) is 14.8. The maximum atomic E-state index is 12.7. The van der Waals surface area contributed by atoms with E-state index in [9.17, 15) is 13.2 Å². The Bertz CT molecular complexity index is 840. The average Bonchev–Trinajstić information content (AvgIpc) is 2.71. The fourth-order valence-electron chi connectivity index (χ4n) is 2.81. The summed E-state index contributed by atoms with van der Waals surface area (Å²) in [7, 11) is -3.56. The number of anilines is 1. The molecule has 0 aliphatic carbocycles. The number of fused-ring (bicyclic) bond motifs is 1. The lowest BCUT2D eigenvalue weighted by Crippen LogP contribution is -2.38. The fraction of sp³-hybridized carbons (Fsp3) is 0.235. The van der Waals surface area contributed by atoms with E-state index in [0.29, 0.717) is 5.69 Å². The minimum absolute atomic E-state index is 0.244. The van der Waals surface area contributed by atoms with Crippen LogP contribution in [-0.4, -0.2) is 20.1 Å². The lowest BCUT2D eigenvalue weighted by atomic mass is 9.86. The Balaban J connectivity index is 2.01. The monoisotopic (exact) mass is 315 g/mol. The topological polar surface area (TPSA) is 63.2 Å². The van der Waals surface area contributed by atoms with E-state index in [1.54, 1.807) is 43.3 Å². The van der Waals surface area contributed by atoms with E-state index in [4.69, 9.17) is 0 Å². The Morgan fingerprint density at radius 1 is 1.05 bits per heavy atom. The summed E-state index contributed by atoms with van der Waals surface area (Å²) in [6.07, 6.45) is 0. The molecule has 5 heteroatoms. The van der Waals surface area contributed by atoms with Crippen molar-refractivity contribution in [2.75, 3.05) is 11.1 Å². The first-order valence-corrected chi connectivity index (χ1v) is 8.68. The van der Waals surface area contributed by atoms with Crippen molar-refractivity contribution >= 4 is 21.4 Å². The molecule has 4 nitrogen and oxygen atoms in total. The molecule has 1 heterocycles. The van der Waals surface area contributed by atoms with Gasteiger partial charge in [0.05, 0.1) is 16.1 Å². The third-order valence-electron chi connectivity index (χ3n) is 4.13. The summed E-state index contributed by atoms with van der Waals surface area (Å²) in [5.41, 5.74) is 1.35. The van der Waals surface area contributed by atoms with Gasteiger partial charge >= 0.3 is 0 Å². The lowest BCUT2D eigenvalue weighted by Gasteiger charge is -2.22. The van der Waals surface area contributed by atoms with E-state index in [-0.39, 0.29) is 16.6 Å². The van der Waals surface area contributed by atoms with Crippen LogP contribution in [0.2, 0.25) is 0 Å². The SMILES string of the molecule is Cc1ccc(S(=O)(=O)CC2(C)C(=O)Nc3ccccc32)cc1. The van der Waals surface area contributed by atoms with Gasteiger partial charge in [-0.2, -0.15) is 0 Å². The third kappa shape index (κ3) is 2.31. The molecule has 1 amide bonds. The third-order valence-corrected chi connectivity index (χ3v) is 6.08. The smallest absolute Gasteiger partial charge is 0.235 e. The van der Waals surface area contributed by atoms with E-state index >= 15 is 0 Å². The summed E-state index contributed by atoms with van der Waals surface area (Å²) in [4.78, 5) is 12.6. The molecule has 1 unspecified atom stereocenters. The summed E-state index contributed by atoms with van der Waals surface area (Å²) < 4.78 is 25.4. The highest BCUT2D eigenvalue weighted by Crippen LogP contribution is 2.39. The Morgan fingerprint density at radius 3 is 2.36 bits per heavy atom. The summed E-state index contributed by atoms with van der Waals surface area (Å²) in [5.74, 6) is -0.518. The van der Waals surface area contributed by atoms with Gasteiger partial charge in [0.15, 0.2) is 9.84 Å². The van der Waals surface area contributed by atoms with Crippen molar-refractivity contribution in [2.24, 2.45) is 0 Å². The lowest BCUT2D eigenvalue weighted by molar-refractivity contribution is -0.119. The van der Waals surface area contributed by atoms with Crippen molar-refractivity contribution in [3.63, 3.8) is 0 Å². The summed E-state index contributed by atoms with van der Waals surface area (Å²) in [6, 6.07) is 13.9. The van der Waals surface area contributed by atoms with Crippen LogP contribution in [0.3, 0.4) is 0 Å².